The summed E-state index contributed by atoms with van der Waals surface area (Å²) in [5.41, 5.74) is 2.44. The molecular formula is C5H16N5+. The van der Waals surface area contributed by atoms with Crippen LogP contribution >= 0.6 is 0 Å². The molecular weight excluding hydrogens is 130 g/mol. The fraction of sp³-hybridized carbons (Fsp3) is 0.800. The number of aliphatic imine (C=N–C) groups is 1. The number of nitrogens with two attached hydrogens (primary N) is 2. The van der Waals surface area contributed by atoms with Gasteiger partial charge in [0.15, 0.2) is 0 Å². The third-order valence-corrected chi connectivity index (χ3v) is 1.09. The van der Waals surface area contributed by atoms with Gasteiger partial charge in [-0.1, -0.05) is 0 Å². The van der Waals surface area contributed by atoms with E-state index in [9.17, 15) is 0 Å². The molecule has 60 valence electrons. The van der Waals surface area contributed by atoms with Crippen LogP contribution < -0.4 is 21.9 Å². The van der Waals surface area contributed by atoms with Gasteiger partial charge in [0.25, 0.3) is 0 Å². The monoisotopic (exact) mass is 146 g/mol. The lowest BCUT2D eigenvalue weighted by atomic mass is 10.6. The molecule has 6 N–H and O–H groups in total. The molecule has 5 nitrogen and oxygen atoms in total. The van der Waals surface area contributed by atoms with Crippen molar-refractivity contribution in [3.8, 4) is 0 Å². The number of hydrazine groups is 1. The predicted molar refractivity (Wildman–Crippen MR) is 41.4 cm³/mol. The summed E-state index contributed by atoms with van der Waals surface area (Å²) in [6.07, 6.45) is 0. The summed E-state index contributed by atoms with van der Waals surface area (Å²) in [6.45, 7) is 1.88. The van der Waals surface area contributed by atoms with Crippen molar-refractivity contribution in [1.82, 2.24) is 10.7 Å². The van der Waals surface area contributed by atoms with Crippen molar-refractivity contribution in [1.29, 1.82) is 0 Å². The van der Waals surface area contributed by atoms with Crippen LogP contribution in [0.25, 0.3) is 0 Å². The van der Waals surface area contributed by atoms with Gasteiger partial charge in [0.05, 0.1) is 20.1 Å². The molecule has 5 heteroatoms. The largest absolute Gasteiger partial charge is 0.350 e. The average Bonchev–Trinajstić information content (AvgIpc) is 1.99. The molecule has 0 fully saturated rings. The Hall–Kier alpha value is -0.810. The smallest absolute Gasteiger partial charge is 0.205 e. The highest BCUT2D eigenvalue weighted by atomic mass is 15.3. The Morgan fingerprint density at radius 2 is 2.40 bits per heavy atom. The van der Waals surface area contributed by atoms with Crippen molar-refractivity contribution in [3.63, 3.8) is 0 Å². The number of nitrogens with one attached hydrogen (secondary N) is 2. The normalized spacial score (nSPS) is 11.3. The molecule has 0 atom stereocenters. The first-order valence-corrected chi connectivity index (χ1v) is 3.30. The van der Waals surface area contributed by atoms with Crippen molar-refractivity contribution in [2.24, 2.45) is 10.8 Å². The zero-order valence-corrected chi connectivity index (χ0v) is 6.52. The van der Waals surface area contributed by atoms with Gasteiger partial charge in [0.1, 0.15) is 0 Å². The summed E-state index contributed by atoms with van der Waals surface area (Å²) in [5.74, 6) is 5.74. The molecule has 0 saturated heterocycles. The maximum Gasteiger partial charge on any atom is 0.205 e. The van der Waals surface area contributed by atoms with Crippen LogP contribution in [0.15, 0.2) is 4.99 Å². The van der Waals surface area contributed by atoms with Crippen molar-refractivity contribution in [3.05, 3.63) is 0 Å². The SMILES string of the molecule is CN=C(NN)NCC[NH2+]C. The Labute approximate surface area is 61.1 Å². The van der Waals surface area contributed by atoms with E-state index in [0.717, 1.165) is 13.1 Å². The van der Waals surface area contributed by atoms with Gasteiger partial charge in [0.2, 0.25) is 5.96 Å². The second-order valence-corrected chi connectivity index (χ2v) is 1.84. The molecule has 0 saturated carbocycles. The molecule has 0 aliphatic rings. The van der Waals surface area contributed by atoms with Gasteiger partial charge in [-0.25, -0.2) is 5.84 Å². The molecule has 0 aromatic rings. The highest BCUT2D eigenvalue weighted by Crippen LogP contribution is 1.58. The van der Waals surface area contributed by atoms with Gasteiger partial charge >= 0.3 is 0 Å². The summed E-state index contributed by atoms with van der Waals surface area (Å²) >= 11 is 0. The summed E-state index contributed by atoms with van der Waals surface area (Å²) in [5, 5.41) is 5.08. The third-order valence-electron chi connectivity index (χ3n) is 1.09. The van der Waals surface area contributed by atoms with Gasteiger partial charge in [0, 0.05) is 7.05 Å². The van der Waals surface area contributed by atoms with Crippen LogP contribution in [0.1, 0.15) is 0 Å². The van der Waals surface area contributed by atoms with E-state index in [1.54, 1.807) is 7.05 Å². The maximum atomic E-state index is 5.11. The minimum Gasteiger partial charge on any atom is -0.350 e. The Balaban J connectivity index is 3.27. The van der Waals surface area contributed by atoms with Crippen LogP contribution in [0, 0.1) is 0 Å². The number of nitrogens with zero attached hydrogens (tertiary/aromatic N) is 1. The maximum absolute atomic E-state index is 5.11. The lowest BCUT2D eigenvalue weighted by Crippen LogP contribution is -2.81. The molecule has 0 aromatic heterocycles. The van der Waals surface area contributed by atoms with Crippen molar-refractivity contribution < 1.29 is 5.32 Å². The van der Waals surface area contributed by atoms with Crippen LogP contribution in [0.2, 0.25) is 0 Å². The van der Waals surface area contributed by atoms with Gasteiger partial charge in [-0.2, -0.15) is 0 Å². The summed E-state index contributed by atoms with van der Waals surface area (Å²) < 4.78 is 0. The van der Waals surface area contributed by atoms with E-state index >= 15 is 0 Å². The zero-order chi connectivity index (χ0) is 7.82. The van der Waals surface area contributed by atoms with Crippen LogP contribution in [0.5, 0.6) is 0 Å². The predicted octanol–water partition coefficient (Wildman–Crippen LogP) is -2.78. The Morgan fingerprint density at radius 1 is 1.70 bits per heavy atom. The fourth-order valence-electron chi connectivity index (χ4n) is 0.530. The number of quaternary nitrogens is 1. The third kappa shape index (κ3) is 4.11. The molecule has 0 aliphatic heterocycles. The highest BCUT2D eigenvalue weighted by molar-refractivity contribution is 5.78. The van der Waals surface area contributed by atoms with E-state index in [1.807, 2.05) is 7.05 Å². The minimum absolute atomic E-state index is 0.627. The van der Waals surface area contributed by atoms with E-state index < -0.39 is 0 Å². The molecule has 0 spiro atoms. The second kappa shape index (κ2) is 6.31. The van der Waals surface area contributed by atoms with Crippen LogP contribution in [-0.4, -0.2) is 33.1 Å². The van der Waals surface area contributed by atoms with E-state index in [0.29, 0.717) is 5.96 Å². The van der Waals surface area contributed by atoms with Crippen molar-refractivity contribution >= 4 is 5.96 Å². The van der Waals surface area contributed by atoms with E-state index in [2.05, 4.69) is 21.1 Å². The Bertz CT molecular complexity index is 100. The molecule has 0 radical (unpaired) electrons. The minimum atomic E-state index is 0.627. The fourth-order valence-corrected chi connectivity index (χ4v) is 0.530. The number of hydrogen-bond acceptors (Lipinski definition) is 2. The molecule has 0 unspecified atom stereocenters. The molecule has 0 amide bonds. The van der Waals surface area contributed by atoms with Crippen molar-refractivity contribution in [2.45, 2.75) is 0 Å². The van der Waals surface area contributed by atoms with Gasteiger partial charge in [-0.15, -0.1) is 0 Å². The molecule has 10 heavy (non-hydrogen) atoms. The molecule has 0 bridgehead atoms. The van der Waals surface area contributed by atoms with Crippen LogP contribution in [-0.2, 0) is 0 Å². The van der Waals surface area contributed by atoms with Gasteiger partial charge < -0.3 is 10.6 Å². The number of guanidine groups is 1. The van der Waals surface area contributed by atoms with E-state index in [4.69, 9.17) is 5.84 Å². The number of likely N-dealkylation sites (N-methyl/N-ethyl adjacent to an activating group) is 1. The lowest BCUT2D eigenvalue weighted by molar-refractivity contribution is -0.624. The summed E-state index contributed by atoms with van der Waals surface area (Å²) in [4.78, 5) is 3.83. The zero-order valence-electron chi connectivity index (χ0n) is 6.52. The standard InChI is InChI=1S/C5H15N5/c1-7-3-4-9-5(8-2)10-6/h7H,3-4,6H2,1-2H3,(H2,8,9,10)/p+1. The average molecular weight is 146 g/mol. The topological polar surface area (TPSA) is 79.0 Å². The number of hydrogen-bond donors (Lipinski definition) is 4. The lowest BCUT2D eigenvalue weighted by Gasteiger charge is -2.05. The van der Waals surface area contributed by atoms with Crippen LogP contribution in [0.3, 0.4) is 0 Å². The molecule has 0 heterocycles. The molecule has 0 rings (SSSR count). The second-order valence-electron chi connectivity index (χ2n) is 1.84. The Morgan fingerprint density at radius 3 is 2.80 bits per heavy atom. The molecule has 0 aromatic carbocycles. The van der Waals surface area contributed by atoms with Crippen molar-refractivity contribution in [2.75, 3.05) is 27.2 Å². The highest BCUT2D eigenvalue weighted by Gasteiger charge is 1.90. The first kappa shape index (κ1) is 9.19. The first-order chi connectivity index (χ1) is 4.85. The van der Waals surface area contributed by atoms with Crippen LogP contribution in [0.4, 0.5) is 0 Å². The molecule has 0 aliphatic carbocycles. The van der Waals surface area contributed by atoms with E-state index in [1.165, 1.54) is 0 Å². The summed E-state index contributed by atoms with van der Waals surface area (Å²) in [7, 11) is 3.69. The van der Waals surface area contributed by atoms with Gasteiger partial charge in [-0.3, -0.25) is 10.4 Å². The number of rotatable bonds is 3. The summed E-state index contributed by atoms with van der Waals surface area (Å²) in [6, 6.07) is 0. The quantitative estimate of drug-likeness (QED) is 0.114. The first-order valence-electron chi connectivity index (χ1n) is 3.30. The van der Waals surface area contributed by atoms with Gasteiger partial charge in [-0.05, 0) is 0 Å². The Kier molecular flexibility index (Phi) is 5.80. The van der Waals surface area contributed by atoms with E-state index in [-0.39, 0.29) is 0 Å².